The van der Waals surface area contributed by atoms with E-state index in [4.69, 9.17) is 9.47 Å². The summed E-state index contributed by atoms with van der Waals surface area (Å²) >= 11 is 0. The quantitative estimate of drug-likeness (QED) is 0.487. The Bertz CT molecular complexity index is 644. The molecule has 0 saturated carbocycles. The molecule has 2 rings (SSSR count). The molecule has 1 aliphatic rings. The van der Waals surface area contributed by atoms with Crippen LogP contribution in [0, 0.1) is 5.92 Å². The Hall–Kier alpha value is -2.08. The third kappa shape index (κ3) is 6.86. The van der Waals surface area contributed by atoms with Crippen LogP contribution in [-0.4, -0.2) is 49.7 Å². The Morgan fingerprint density at radius 1 is 1.26 bits per heavy atom. The molecular formula is C21H33N3O3. The number of carbonyl (C=O) groups excluding carboxylic acids is 1. The van der Waals surface area contributed by atoms with Gasteiger partial charge in [-0.3, -0.25) is 9.79 Å². The maximum absolute atomic E-state index is 11.7. The van der Waals surface area contributed by atoms with Crippen LogP contribution in [0.1, 0.15) is 44.7 Å². The summed E-state index contributed by atoms with van der Waals surface area (Å²) in [6, 6.07) is 8.41. The van der Waals surface area contributed by atoms with Crippen molar-refractivity contribution in [2.45, 2.75) is 52.4 Å². The lowest BCUT2D eigenvalue weighted by atomic mass is 9.97. The molecule has 1 aliphatic heterocycles. The molecule has 27 heavy (non-hydrogen) atoms. The predicted octanol–water partition coefficient (Wildman–Crippen LogP) is 2.96. The van der Waals surface area contributed by atoms with Crippen molar-refractivity contribution in [3.8, 4) is 0 Å². The molecule has 150 valence electrons. The molecule has 1 fully saturated rings. The standard InChI is InChI=1S/C21H33N3O3/c1-21(2,3)27-15-17-8-6-7-16(13-17)14-23-20(22-4)24-11-9-18(10-12-24)19(25)26-5/h6-8,13,18H,9-12,14-15H2,1-5H3,(H,22,23). The van der Waals surface area contributed by atoms with E-state index in [0.29, 0.717) is 13.2 Å². The molecule has 0 bridgehead atoms. The third-order valence-corrected chi connectivity index (χ3v) is 4.65. The van der Waals surface area contributed by atoms with Crippen molar-refractivity contribution in [3.05, 3.63) is 35.4 Å². The molecule has 1 aromatic rings. The number of methoxy groups -OCH3 is 1. The van der Waals surface area contributed by atoms with Gasteiger partial charge in [0.1, 0.15) is 0 Å². The summed E-state index contributed by atoms with van der Waals surface area (Å²) in [5, 5.41) is 3.43. The smallest absolute Gasteiger partial charge is 0.308 e. The van der Waals surface area contributed by atoms with Crippen molar-refractivity contribution in [1.29, 1.82) is 0 Å². The Balaban J connectivity index is 1.87. The Morgan fingerprint density at radius 2 is 1.93 bits per heavy atom. The second-order valence-corrected chi connectivity index (χ2v) is 7.91. The first-order valence-corrected chi connectivity index (χ1v) is 9.57. The summed E-state index contributed by atoms with van der Waals surface area (Å²) in [7, 11) is 3.25. The van der Waals surface area contributed by atoms with Gasteiger partial charge in [0.25, 0.3) is 0 Å². The maximum Gasteiger partial charge on any atom is 0.308 e. The van der Waals surface area contributed by atoms with Crippen molar-refractivity contribution in [1.82, 2.24) is 10.2 Å². The van der Waals surface area contributed by atoms with Crippen LogP contribution in [-0.2, 0) is 27.4 Å². The SMILES string of the molecule is CN=C(NCc1cccc(COC(C)(C)C)c1)N1CCC(C(=O)OC)CC1. The minimum Gasteiger partial charge on any atom is -0.469 e. The summed E-state index contributed by atoms with van der Waals surface area (Å²) in [6.07, 6.45) is 1.60. The monoisotopic (exact) mass is 375 g/mol. The van der Waals surface area contributed by atoms with Crippen LogP contribution in [0.3, 0.4) is 0 Å². The lowest BCUT2D eigenvalue weighted by molar-refractivity contribution is -0.146. The number of aliphatic imine (C=N–C) groups is 1. The van der Waals surface area contributed by atoms with Crippen LogP contribution in [0.4, 0.5) is 0 Å². The van der Waals surface area contributed by atoms with E-state index in [9.17, 15) is 4.79 Å². The number of ether oxygens (including phenoxy) is 2. The molecule has 1 aromatic carbocycles. The number of hydrogen-bond acceptors (Lipinski definition) is 4. The summed E-state index contributed by atoms with van der Waals surface area (Å²) in [5.41, 5.74) is 2.21. The molecule has 0 spiro atoms. The number of piperidine rings is 1. The minimum absolute atomic E-state index is 0.00357. The van der Waals surface area contributed by atoms with Gasteiger partial charge in [-0.1, -0.05) is 24.3 Å². The summed E-state index contributed by atoms with van der Waals surface area (Å²) in [4.78, 5) is 18.3. The lowest BCUT2D eigenvalue weighted by Gasteiger charge is -2.33. The first-order valence-electron chi connectivity index (χ1n) is 9.57. The number of nitrogens with one attached hydrogen (secondary N) is 1. The van der Waals surface area contributed by atoms with Gasteiger partial charge in [-0.2, -0.15) is 0 Å². The average molecular weight is 376 g/mol. The molecule has 0 aromatic heterocycles. The predicted molar refractivity (Wildman–Crippen MR) is 107 cm³/mol. The number of carbonyl (C=O) groups is 1. The lowest BCUT2D eigenvalue weighted by Crippen LogP contribution is -2.46. The molecule has 0 unspecified atom stereocenters. The molecule has 0 radical (unpaired) electrons. The van der Waals surface area contributed by atoms with Gasteiger partial charge in [-0.25, -0.2) is 0 Å². The fraction of sp³-hybridized carbons (Fsp3) is 0.619. The first kappa shape index (κ1) is 21.2. The molecular weight excluding hydrogens is 342 g/mol. The van der Waals surface area contributed by atoms with Crippen molar-refractivity contribution < 1.29 is 14.3 Å². The van der Waals surface area contributed by atoms with Gasteiger partial charge < -0.3 is 19.7 Å². The normalized spacial score (nSPS) is 16.3. The summed E-state index contributed by atoms with van der Waals surface area (Å²) < 4.78 is 10.7. The van der Waals surface area contributed by atoms with Crippen LogP contribution in [0.15, 0.2) is 29.3 Å². The van der Waals surface area contributed by atoms with E-state index in [-0.39, 0.29) is 17.5 Å². The zero-order chi connectivity index (χ0) is 19.9. The first-order chi connectivity index (χ1) is 12.8. The van der Waals surface area contributed by atoms with E-state index in [1.807, 2.05) is 0 Å². The fourth-order valence-electron chi connectivity index (χ4n) is 3.14. The number of esters is 1. The van der Waals surface area contributed by atoms with E-state index in [2.05, 4.69) is 60.2 Å². The van der Waals surface area contributed by atoms with Crippen LogP contribution in [0.25, 0.3) is 0 Å². The highest BCUT2D eigenvalue weighted by molar-refractivity contribution is 5.80. The Kier molecular flexibility index (Phi) is 7.66. The molecule has 1 N–H and O–H groups in total. The van der Waals surface area contributed by atoms with Crippen molar-refractivity contribution >= 4 is 11.9 Å². The van der Waals surface area contributed by atoms with Crippen molar-refractivity contribution in [2.24, 2.45) is 10.9 Å². The number of likely N-dealkylation sites (tertiary alicyclic amines) is 1. The molecule has 0 aliphatic carbocycles. The molecule has 1 saturated heterocycles. The van der Waals surface area contributed by atoms with Crippen molar-refractivity contribution in [2.75, 3.05) is 27.2 Å². The number of rotatable bonds is 5. The highest BCUT2D eigenvalue weighted by Gasteiger charge is 2.26. The molecule has 6 nitrogen and oxygen atoms in total. The molecule has 0 atom stereocenters. The molecule has 1 heterocycles. The number of benzene rings is 1. The fourth-order valence-corrected chi connectivity index (χ4v) is 3.14. The Labute approximate surface area is 162 Å². The van der Waals surface area contributed by atoms with E-state index < -0.39 is 0 Å². The summed E-state index contributed by atoms with van der Waals surface area (Å²) in [6.45, 7) is 9.10. The van der Waals surface area contributed by atoms with Gasteiger partial charge in [-0.05, 0) is 44.7 Å². The van der Waals surface area contributed by atoms with Crippen LogP contribution >= 0.6 is 0 Å². The molecule has 6 heteroatoms. The number of hydrogen-bond donors (Lipinski definition) is 1. The second-order valence-electron chi connectivity index (χ2n) is 7.91. The van der Waals surface area contributed by atoms with Gasteiger partial charge >= 0.3 is 5.97 Å². The van der Waals surface area contributed by atoms with E-state index in [1.54, 1.807) is 7.05 Å². The second kappa shape index (κ2) is 9.74. The largest absolute Gasteiger partial charge is 0.469 e. The van der Waals surface area contributed by atoms with Gasteiger partial charge in [0.2, 0.25) is 0 Å². The highest BCUT2D eigenvalue weighted by atomic mass is 16.5. The topological polar surface area (TPSA) is 63.2 Å². The maximum atomic E-state index is 11.7. The van der Waals surface area contributed by atoms with Gasteiger partial charge in [0.15, 0.2) is 5.96 Å². The highest BCUT2D eigenvalue weighted by Crippen LogP contribution is 2.18. The van der Waals surface area contributed by atoms with Gasteiger partial charge in [0, 0.05) is 26.7 Å². The van der Waals surface area contributed by atoms with E-state index >= 15 is 0 Å². The van der Waals surface area contributed by atoms with Crippen LogP contribution in [0.2, 0.25) is 0 Å². The van der Waals surface area contributed by atoms with Crippen molar-refractivity contribution in [3.63, 3.8) is 0 Å². The third-order valence-electron chi connectivity index (χ3n) is 4.65. The van der Waals surface area contributed by atoms with Crippen LogP contribution < -0.4 is 5.32 Å². The zero-order valence-corrected chi connectivity index (χ0v) is 17.2. The zero-order valence-electron chi connectivity index (χ0n) is 17.2. The number of nitrogens with zero attached hydrogens (tertiary/aromatic N) is 2. The minimum atomic E-state index is -0.146. The number of guanidine groups is 1. The average Bonchev–Trinajstić information content (AvgIpc) is 2.66. The molecule has 0 amide bonds. The Morgan fingerprint density at radius 3 is 2.52 bits per heavy atom. The van der Waals surface area contributed by atoms with E-state index in [1.165, 1.54) is 12.7 Å². The van der Waals surface area contributed by atoms with Crippen LogP contribution in [0.5, 0.6) is 0 Å². The van der Waals surface area contributed by atoms with Gasteiger partial charge in [0.05, 0.1) is 25.2 Å². The summed E-state index contributed by atoms with van der Waals surface area (Å²) in [5.74, 6) is 0.769. The van der Waals surface area contributed by atoms with Gasteiger partial charge in [-0.15, -0.1) is 0 Å². The van der Waals surface area contributed by atoms with E-state index in [0.717, 1.165) is 37.5 Å².